The topological polar surface area (TPSA) is 59.1 Å². The van der Waals surface area contributed by atoms with Crippen LogP contribution in [0, 0.1) is 0 Å². The number of ether oxygens (including phenoxy) is 2. The van der Waals surface area contributed by atoms with Gasteiger partial charge in [-0.15, -0.1) is 11.3 Å². The van der Waals surface area contributed by atoms with E-state index in [1.807, 2.05) is 36.4 Å². The normalized spacial score (nSPS) is 14.6. The Morgan fingerprint density at radius 2 is 1.74 bits per heavy atom. The summed E-state index contributed by atoms with van der Waals surface area (Å²) in [6, 6.07) is 15.2. The number of carbonyl (C=O) groups excluding carboxylic acids is 2. The van der Waals surface area contributed by atoms with Crippen molar-refractivity contribution < 1.29 is 19.1 Å². The molecule has 1 amide bonds. The number of fused-ring (bicyclic) bond motifs is 1. The van der Waals surface area contributed by atoms with Crippen LogP contribution in [0.25, 0.3) is 10.8 Å². The Morgan fingerprint density at radius 3 is 2.39 bits per heavy atom. The molecule has 1 saturated heterocycles. The average molecular weight is 459 g/mol. The molecule has 162 valence electrons. The molecule has 1 aromatic heterocycles. The summed E-state index contributed by atoms with van der Waals surface area (Å²) < 4.78 is 11.5. The van der Waals surface area contributed by atoms with Crippen molar-refractivity contribution in [1.29, 1.82) is 0 Å². The third kappa shape index (κ3) is 5.18. The number of thiophene rings is 1. The van der Waals surface area contributed by atoms with Crippen molar-refractivity contribution in [2.45, 2.75) is 6.54 Å². The first-order valence-corrected chi connectivity index (χ1v) is 11.2. The number of esters is 1. The molecule has 2 heterocycles. The lowest BCUT2D eigenvalue weighted by Crippen LogP contribution is -2.49. The van der Waals surface area contributed by atoms with Gasteiger partial charge in [-0.2, -0.15) is 0 Å². The van der Waals surface area contributed by atoms with Crippen LogP contribution in [0.4, 0.5) is 0 Å². The molecule has 0 saturated carbocycles. The van der Waals surface area contributed by atoms with E-state index in [2.05, 4.69) is 4.90 Å². The lowest BCUT2D eigenvalue weighted by Gasteiger charge is -2.34. The second-order valence-electron chi connectivity index (χ2n) is 7.34. The highest BCUT2D eigenvalue weighted by Gasteiger charge is 2.23. The zero-order valence-electron chi connectivity index (χ0n) is 17.2. The van der Waals surface area contributed by atoms with Crippen molar-refractivity contribution in [2.75, 3.05) is 39.9 Å². The summed E-state index contributed by atoms with van der Waals surface area (Å²) in [6.07, 6.45) is 0. The summed E-state index contributed by atoms with van der Waals surface area (Å²) >= 11 is 7.57. The molecule has 6 nitrogen and oxygen atoms in total. The van der Waals surface area contributed by atoms with Crippen LogP contribution >= 0.6 is 22.9 Å². The number of benzene rings is 2. The molecule has 2 aromatic carbocycles. The van der Waals surface area contributed by atoms with E-state index < -0.39 is 5.97 Å². The van der Waals surface area contributed by atoms with Crippen molar-refractivity contribution in [3.8, 4) is 5.75 Å². The van der Waals surface area contributed by atoms with Crippen molar-refractivity contribution in [3.63, 3.8) is 0 Å². The maximum atomic E-state index is 12.6. The molecule has 0 radical (unpaired) electrons. The third-order valence-corrected chi connectivity index (χ3v) is 6.56. The zero-order chi connectivity index (χ0) is 21.8. The molecule has 1 aliphatic rings. The van der Waals surface area contributed by atoms with Crippen molar-refractivity contribution in [2.24, 2.45) is 0 Å². The number of methoxy groups -OCH3 is 1. The Labute approximate surface area is 189 Å². The van der Waals surface area contributed by atoms with Crippen molar-refractivity contribution >= 4 is 45.6 Å². The van der Waals surface area contributed by atoms with Crippen LogP contribution in [-0.4, -0.2) is 61.6 Å². The molecular formula is C23H23ClN2O4S. The fraction of sp³-hybridized carbons (Fsp3) is 0.304. The van der Waals surface area contributed by atoms with Crippen molar-refractivity contribution in [3.05, 3.63) is 63.3 Å². The first kappa shape index (κ1) is 21.6. The van der Waals surface area contributed by atoms with Crippen LogP contribution < -0.4 is 4.74 Å². The molecule has 0 aliphatic carbocycles. The van der Waals surface area contributed by atoms with Crippen LogP contribution in [0.3, 0.4) is 0 Å². The van der Waals surface area contributed by atoms with E-state index >= 15 is 0 Å². The number of hydrogen-bond acceptors (Lipinski definition) is 6. The van der Waals surface area contributed by atoms with Gasteiger partial charge in [0, 0.05) is 37.6 Å². The van der Waals surface area contributed by atoms with E-state index in [0.717, 1.165) is 34.7 Å². The van der Waals surface area contributed by atoms with Gasteiger partial charge in [0.05, 0.1) is 11.4 Å². The second-order valence-corrected chi connectivity index (χ2v) is 9.14. The van der Waals surface area contributed by atoms with E-state index in [0.29, 0.717) is 24.4 Å². The molecule has 0 spiro atoms. The number of piperazine rings is 1. The van der Waals surface area contributed by atoms with Crippen LogP contribution in [0.15, 0.2) is 48.5 Å². The van der Waals surface area contributed by atoms with E-state index in [1.54, 1.807) is 28.4 Å². The lowest BCUT2D eigenvalue weighted by atomic mass is 10.1. The van der Waals surface area contributed by atoms with E-state index in [1.165, 1.54) is 12.0 Å². The van der Waals surface area contributed by atoms with Gasteiger partial charge in [0.1, 0.15) is 11.3 Å². The Morgan fingerprint density at radius 1 is 1.03 bits per heavy atom. The highest BCUT2D eigenvalue weighted by molar-refractivity contribution is 7.16. The number of halogens is 1. The molecule has 1 fully saturated rings. The molecule has 0 bridgehead atoms. The summed E-state index contributed by atoms with van der Waals surface area (Å²) in [5.74, 6) is -0.325. The maximum Gasteiger partial charge on any atom is 0.342 e. The first-order chi connectivity index (χ1) is 15.0. The summed E-state index contributed by atoms with van der Waals surface area (Å²) in [5.41, 5.74) is 0.313. The van der Waals surface area contributed by atoms with Gasteiger partial charge >= 0.3 is 5.97 Å². The molecule has 31 heavy (non-hydrogen) atoms. The highest BCUT2D eigenvalue weighted by Crippen LogP contribution is 2.27. The van der Waals surface area contributed by atoms with E-state index in [-0.39, 0.29) is 12.5 Å². The largest absolute Gasteiger partial charge is 0.496 e. The Bertz CT molecular complexity index is 1090. The van der Waals surface area contributed by atoms with Crippen LogP contribution in [0.5, 0.6) is 5.75 Å². The van der Waals surface area contributed by atoms with E-state index in [4.69, 9.17) is 21.1 Å². The fourth-order valence-electron chi connectivity index (χ4n) is 3.66. The van der Waals surface area contributed by atoms with Gasteiger partial charge in [-0.1, -0.05) is 35.9 Å². The van der Waals surface area contributed by atoms with Gasteiger partial charge in [0.15, 0.2) is 6.61 Å². The third-order valence-electron chi connectivity index (χ3n) is 5.35. The molecule has 3 aromatic rings. The summed E-state index contributed by atoms with van der Waals surface area (Å²) in [5, 5.41) is 1.87. The predicted octanol–water partition coefficient (Wildman–Crippen LogP) is 4.06. The number of nitrogens with zero attached hydrogens (tertiary/aromatic N) is 2. The Hall–Kier alpha value is -2.61. The molecule has 1 aliphatic heterocycles. The minimum atomic E-state index is -0.566. The number of rotatable bonds is 6. The van der Waals surface area contributed by atoms with Gasteiger partial charge in [0.25, 0.3) is 5.91 Å². The second kappa shape index (κ2) is 9.68. The first-order valence-electron chi connectivity index (χ1n) is 10.0. The highest BCUT2D eigenvalue weighted by atomic mass is 35.5. The molecule has 0 atom stereocenters. The van der Waals surface area contributed by atoms with Gasteiger partial charge in [-0.05, 0) is 35.0 Å². The summed E-state index contributed by atoms with van der Waals surface area (Å²) in [4.78, 5) is 30.4. The standard InChI is InChI=1S/C23H23ClN2O4S/c1-29-20-13-17-5-3-2-4-16(17)12-19(20)23(28)30-15-22(27)26-10-8-25(9-11-26)14-18-6-7-21(24)31-18/h2-7,12-13H,8-11,14-15H2,1H3. The number of carbonyl (C=O) groups is 2. The maximum absolute atomic E-state index is 12.6. The number of amides is 1. The Balaban J connectivity index is 1.31. The summed E-state index contributed by atoms with van der Waals surface area (Å²) in [7, 11) is 1.51. The SMILES string of the molecule is COc1cc2ccccc2cc1C(=O)OCC(=O)N1CCN(Cc2ccc(Cl)s2)CC1. The molecule has 0 N–H and O–H groups in total. The molecule has 4 rings (SSSR count). The van der Waals surface area contributed by atoms with Crippen LogP contribution in [-0.2, 0) is 16.1 Å². The minimum Gasteiger partial charge on any atom is -0.496 e. The molecular weight excluding hydrogens is 436 g/mol. The van der Waals surface area contributed by atoms with Gasteiger partial charge in [-0.3, -0.25) is 9.69 Å². The van der Waals surface area contributed by atoms with Gasteiger partial charge in [-0.25, -0.2) is 4.79 Å². The predicted molar refractivity (Wildman–Crippen MR) is 122 cm³/mol. The van der Waals surface area contributed by atoms with Crippen molar-refractivity contribution in [1.82, 2.24) is 9.80 Å². The van der Waals surface area contributed by atoms with Gasteiger partial charge in [0.2, 0.25) is 0 Å². The monoisotopic (exact) mass is 458 g/mol. The number of hydrogen-bond donors (Lipinski definition) is 0. The van der Waals surface area contributed by atoms with E-state index in [9.17, 15) is 9.59 Å². The summed E-state index contributed by atoms with van der Waals surface area (Å²) in [6.45, 7) is 3.30. The fourth-order valence-corrected chi connectivity index (χ4v) is 4.79. The van der Waals surface area contributed by atoms with Crippen LogP contribution in [0.1, 0.15) is 15.2 Å². The van der Waals surface area contributed by atoms with Crippen LogP contribution in [0.2, 0.25) is 4.34 Å². The van der Waals surface area contributed by atoms with Gasteiger partial charge < -0.3 is 14.4 Å². The minimum absolute atomic E-state index is 0.188. The Kier molecular flexibility index (Phi) is 6.75. The quantitative estimate of drug-likeness (QED) is 0.521. The average Bonchev–Trinajstić information content (AvgIpc) is 3.21. The molecule has 8 heteroatoms. The lowest BCUT2D eigenvalue weighted by molar-refractivity contribution is -0.136. The zero-order valence-corrected chi connectivity index (χ0v) is 18.7. The molecule has 0 unspecified atom stereocenters. The smallest absolute Gasteiger partial charge is 0.342 e.